The van der Waals surface area contributed by atoms with Crippen molar-refractivity contribution in [1.29, 1.82) is 0 Å². The van der Waals surface area contributed by atoms with Gasteiger partial charge in [0.25, 0.3) is 5.91 Å². The Morgan fingerprint density at radius 1 is 1.20 bits per heavy atom. The Hall–Kier alpha value is -1.92. The van der Waals surface area contributed by atoms with E-state index in [0.717, 1.165) is 41.6 Å². The fraction of sp³-hybridized carbons (Fsp3) is 0.368. The third-order valence-corrected chi connectivity index (χ3v) is 5.67. The lowest BCUT2D eigenvalue weighted by Gasteiger charge is -2.19. The van der Waals surface area contributed by atoms with E-state index in [2.05, 4.69) is 29.2 Å². The van der Waals surface area contributed by atoms with Crippen LogP contribution in [0.4, 0.5) is 5.69 Å². The Bertz CT molecular complexity index is 793. The van der Waals surface area contributed by atoms with Crippen LogP contribution in [0.2, 0.25) is 0 Å². The summed E-state index contributed by atoms with van der Waals surface area (Å²) in [4.78, 5) is 13.8. The molecule has 0 saturated carbocycles. The second-order valence-electron chi connectivity index (χ2n) is 6.81. The first-order valence-corrected chi connectivity index (χ1v) is 9.76. The van der Waals surface area contributed by atoms with Crippen LogP contribution < -0.4 is 16.2 Å². The van der Waals surface area contributed by atoms with Crippen LogP contribution in [0, 0.1) is 19.8 Å². The van der Waals surface area contributed by atoms with Crippen LogP contribution in [0.3, 0.4) is 0 Å². The number of aryl methyl sites for hydroxylation is 2. The summed E-state index contributed by atoms with van der Waals surface area (Å²) in [6, 6.07) is 6.13. The van der Waals surface area contributed by atoms with Gasteiger partial charge in [-0.3, -0.25) is 15.6 Å². The number of carbonyl (C=O) groups is 1. The van der Waals surface area contributed by atoms with E-state index in [-0.39, 0.29) is 5.91 Å². The average molecular weight is 374 g/mol. The number of rotatable bonds is 2. The van der Waals surface area contributed by atoms with Gasteiger partial charge in [-0.15, -0.1) is 11.3 Å². The lowest BCUT2D eigenvalue weighted by Crippen LogP contribution is -2.44. The Kier molecular flexibility index (Phi) is 5.39. The zero-order valence-corrected chi connectivity index (χ0v) is 16.4. The predicted molar refractivity (Wildman–Crippen MR) is 108 cm³/mol. The summed E-state index contributed by atoms with van der Waals surface area (Å²) in [5.41, 5.74) is 10.7. The highest BCUT2D eigenvalue weighted by atomic mass is 32.1. The summed E-state index contributed by atoms with van der Waals surface area (Å²) in [6.45, 7) is 6.34. The van der Waals surface area contributed by atoms with Crippen molar-refractivity contribution in [3.8, 4) is 0 Å². The second kappa shape index (κ2) is 7.54. The van der Waals surface area contributed by atoms with Crippen molar-refractivity contribution < 1.29 is 4.79 Å². The number of amides is 1. The van der Waals surface area contributed by atoms with Gasteiger partial charge >= 0.3 is 0 Å². The molecule has 3 rings (SSSR count). The third-order valence-electron chi connectivity index (χ3n) is 4.42. The molecule has 25 heavy (non-hydrogen) atoms. The van der Waals surface area contributed by atoms with Crippen molar-refractivity contribution in [3.63, 3.8) is 0 Å². The minimum absolute atomic E-state index is 0.128. The number of hydrogen-bond donors (Lipinski definition) is 3. The molecule has 4 nitrogen and oxygen atoms in total. The largest absolute Gasteiger partial charge is 0.331 e. The van der Waals surface area contributed by atoms with Gasteiger partial charge in [0, 0.05) is 15.9 Å². The van der Waals surface area contributed by atoms with Crippen LogP contribution in [0.25, 0.3) is 0 Å². The second-order valence-corrected chi connectivity index (χ2v) is 8.18. The first-order valence-electron chi connectivity index (χ1n) is 8.47. The Morgan fingerprint density at radius 3 is 2.64 bits per heavy atom. The van der Waals surface area contributed by atoms with Crippen molar-refractivity contribution >= 4 is 40.3 Å². The molecule has 1 aromatic carbocycles. The standard InChI is InChI=1S/C19H23N3OS2/c1-11-4-5-15-16(10-25-17(15)9-11)18(23)21-22-19(24)20-14-7-12(2)6-13(3)8-14/h6-8,10-11H,4-5,9H2,1-3H3,(H,21,23)(H2,20,22,24)/t11-/m0/s1. The van der Waals surface area contributed by atoms with Crippen LogP contribution in [0.15, 0.2) is 23.6 Å². The predicted octanol–water partition coefficient (Wildman–Crippen LogP) is 4.12. The van der Waals surface area contributed by atoms with Gasteiger partial charge in [-0.05, 0) is 80.1 Å². The molecule has 1 aliphatic carbocycles. The minimum atomic E-state index is -0.128. The van der Waals surface area contributed by atoms with Crippen LogP contribution in [-0.2, 0) is 12.8 Å². The Morgan fingerprint density at radius 2 is 1.92 bits per heavy atom. The van der Waals surface area contributed by atoms with E-state index in [0.29, 0.717) is 11.0 Å². The molecule has 1 heterocycles. The highest BCUT2D eigenvalue weighted by molar-refractivity contribution is 7.80. The fourth-order valence-corrected chi connectivity index (χ4v) is 4.67. The molecule has 0 aliphatic heterocycles. The molecule has 0 bridgehead atoms. The summed E-state index contributed by atoms with van der Waals surface area (Å²) >= 11 is 6.96. The number of thiophene rings is 1. The highest BCUT2D eigenvalue weighted by Crippen LogP contribution is 2.32. The van der Waals surface area contributed by atoms with Crippen LogP contribution in [-0.4, -0.2) is 11.0 Å². The van der Waals surface area contributed by atoms with Crippen molar-refractivity contribution in [2.75, 3.05) is 5.32 Å². The molecule has 0 unspecified atom stereocenters. The number of thiocarbonyl (C=S) groups is 1. The first-order chi connectivity index (χ1) is 11.9. The number of hydrazine groups is 1. The number of hydrogen-bond acceptors (Lipinski definition) is 3. The molecule has 0 saturated heterocycles. The maximum Gasteiger partial charge on any atom is 0.270 e. The molecule has 1 amide bonds. The molecular formula is C19H23N3OS2. The number of nitrogens with one attached hydrogen (secondary N) is 3. The maximum absolute atomic E-state index is 12.5. The number of carbonyl (C=O) groups excluding carboxylic acids is 1. The fourth-order valence-electron chi connectivity index (χ4n) is 3.26. The quantitative estimate of drug-likeness (QED) is 0.547. The SMILES string of the molecule is Cc1cc(C)cc(NC(=S)NNC(=O)c2csc3c2CC[C@H](C)C3)c1. The molecule has 0 radical (unpaired) electrons. The third kappa shape index (κ3) is 4.38. The average Bonchev–Trinajstić information content (AvgIpc) is 2.94. The van der Waals surface area contributed by atoms with Gasteiger partial charge in [0.05, 0.1) is 5.56 Å². The molecule has 0 spiro atoms. The monoisotopic (exact) mass is 373 g/mol. The number of anilines is 1. The molecule has 1 aromatic heterocycles. The molecule has 1 atom stereocenters. The summed E-state index contributed by atoms with van der Waals surface area (Å²) in [5, 5.41) is 5.43. The molecule has 2 aromatic rings. The molecule has 3 N–H and O–H groups in total. The smallest absolute Gasteiger partial charge is 0.270 e. The Balaban J connectivity index is 1.58. The molecule has 132 valence electrons. The zero-order valence-electron chi connectivity index (χ0n) is 14.7. The topological polar surface area (TPSA) is 53.2 Å². The van der Waals surface area contributed by atoms with Crippen molar-refractivity contribution in [2.45, 2.75) is 40.0 Å². The van der Waals surface area contributed by atoms with E-state index < -0.39 is 0 Å². The van der Waals surface area contributed by atoms with E-state index in [4.69, 9.17) is 12.2 Å². The summed E-state index contributed by atoms with van der Waals surface area (Å²) in [7, 11) is 0. The van der Waals surface area contributed by atoms with Gasteiger partial charge in [-0.1, -0.05) is 13.0 Å². The van der Waals surface area contributed by atoms with Gasteiger partial charge in [-0.2, -0.15) is 0 Å². The van der Waals surface area contributed by atoms with Crippen molar-refractivity contribution in [2.24, 2.45) is 5.92 Å². The molecule has 1 aliphatic rings. The van der Waals surface area contributed by atoms with Gasteiger partial charge in [0.15, 0.2) is 5.11 Å². The molecule has 6 heteroatoms. The van der Waals surface area contributed by atoms with E-state index in [1.54, 1.807) is 11.3 Å². The molecular weight excluding hydrogens is 350 g/mol. The number of benzene rings is 1. The normalized spacial score (nSPS) is 16.0. The van der Waals surface area contributed by atoms with Gasteiger partial charge < -0.3 is 5.32 Å². The van der Waals surface area contributed by atoms with Crippen LogP contribution in [0.1, 0.15) is 45.3 Å². The van der Waals surface area contributed by atoms with E-state index in [9.17, 15) is 4.79 Å². The zero-order chi connectivity index (χ0) is 18.0. The van der Waals surface area contributed by atoms with Crippen LogP contribution in [0.5, 0.6) is 0 Å². The van der Waals surface area contributed by atoms with Crippen molar-refractivity contribution in [3.05, 3.63) is 50.7 Å². The van der Waals surface area contributed by atoms with E-state index in [1.807, 2.05) is 31.4 Å². The van der Waals surface area contributed by atoms with E-state index in [1.165, 1.54) is 10.4 Å². The number of fused-ring (bicyclic) bond motifs is 1. The van der Waals surface area contributed by atoms with E-state index >= 15 is 0 Å². The van der Waals surface area contributed by atoms with Gasteiger partial charge in [0.1, 0.15) is 0 Å². The van der Waals surface area contributed by atoms with Crippen LogP contribution >= 0.6 is 23.6 Å². The van der Waals surface area contributed by atoms with Crippen molar-refractivity contribution in [1.82, 2.24) is 10.9 Å². The summed E-state index contributed by atoms with van der Waals surface area (Å²) in [5.74, 6) is 0.575. The lowest BCUT2D eigenvalue weighted by molar-refractivity contribution is 0.0943. The highest BCUT2D eigenvalue weighted by Gasteiger charge is 2.23. The van der Waals surface area contributed by atoms with Gasteiger partial charge in [0.2, 0.25) is 0 Å². The Labute approximate surface area is 158 Å². The maximum atomic E-state index is 12.5. The molecule has 0 fully saturated rings. The lowest BCUT2D eigenvalue weighted by atomic mass is 9.88. The summed E-state index contributed by atoms with van der Waals surface area (Å²) in [6.07, 6.45) is 3.20. The summed E-state index contributed by atoms with van der Waals surface area (Å²) < 4.78 is 0. The first kappa shape index (κ1) is 17.9. The minimum Gasteiger partial charge on any atom is -0.331 e. The van der Waals surface area contributed by atoms with Gasteiger partial charge in [-0.25, -0.2) is 0 Å².